The minimum Gasteiger partial charge on any atom is -0.391 e. The van der Waals surface area contributed by atoms with Crippen LogP contribution >= 0.6 is 15.9 Å². The summed E-state index contributed by atoms with van der Waals surface area (Å²) < 4.78 is 1.10. The second kappa shape index (κ2) is 5.92. The van der Waals surface area contributed by atoms with Gasteiger partial charge < -0.3 is 19.8 Å². The number of nitrogens with zero attached hydrogens (tertiary/aromatic N) is 3. The minimum atomic E-state index is -0.186. The summed E-state index contributed by atoms with van der Waals surface area (Å²) >= 11 is 3.58. The summed E-state index contributed by atoms with van der Waals surface area (Å²) in [7, 11) is 2.18. The molecule has 0 aliphatic carbocycles. The molecule has 0 amide bonds. The Balaban J connectivity index is 1.86. The number of halogens is 1. The molecular weight excluding hydrogens is 318 g/mol. The Bertz CT molecular complexity index is 474. The smallest absolute Gasteiger partial charge is 0.0731 e. The van der Waals surface area contributed by atoms with Gasteiger partial charge in [-0.25, -0.2) is 0 Å². The van der Waals surface area contributed by atoms with Crippen LogP contribution in [0.1, 0.15) is 6.42 Å². The second-order valence-electron chi connectivity index (χ2n) is 5.81. The topological polar surface area (TPSA) is 30.0 Å². The van der Waals surface area contributed by atoms with Crippen LogP contribution < -0.4 is 9.80 Å². The lowest BCUT2D eigenvalue weighted by Crippen LogP contribution is -2.45. The summed E-state index contributed by atoms with van der Waals surface area (Å²) in [5.41, 5.74) is 2.55. The first-order valence-corrected chi connectivity index (χ1v) is 8.09. The van der Waals surface area contributed by atoms with Crippen molar-refractivity contribution in [3.63, 3.8) is 0 Å². The highest BCUT2D eigenvalue weighted by Gasteiger charge is 2.25. The zero-order valence-corrected chi connectivity index (χ0v) is 13.5. The third-order valence-corrected chi connectivity index (χ3v) is 4.78. The van der Waals surface area contributed by atoms with Crippen molar-refractivity contribution in [3.05, 3.63) is 22.7 Å². The Morgan fingerprint density at radius 3 is 2.45 bits per heavy atom. The summed E-state index contributed by atoms with van der Waals surface area (Å²) in [5, 5.41) is 9.79. The van der Waals surface area contributed by atoms with Crippen molar-refractivity contribution in [2.45, 2.75) is 12.5 Å². The largest absolute Gasteiger partial charge is 0.391 e. The van der Waals surface area contributed by atoms with E-state index < -0.39 is 0 Å². The van der Waals surface area contributed by atoms with E-state index in [1.54, 1.807) is 0 Å². The molecule has 0 aromatic heterocycles. The van der Waals surface area contributed by atoms with E-state index in [1.165, 1.54) is 11.4 Å². The molecule has 2 saturated heterocycles. The van der Waals surface area contributed by atoms with Crippen molar-refractivity contribution < 1.29 is 5.11 Å². The standard InChI is InChI=1S/C15H22BrN3O/c1-17-6-8-18(9-7-17)14-3-2-12(16)10-15(14)19-5-4-13(20)11-19/h2-3,10,13,20H,4-9,11H2,1H3. The lowest BCUT2D eigenvalue weighted by Gasteiger charge is -2.36. The summed E-state index contributed by atoms with van der Waals surface area (Å²) in [6.45, 7) is 6.05. The molecule has 20 heavy (non-hydrogen) atoms. The maximum atomic E-state index is 9.79. The Kier molecular flexibility index (Phi) is 4.19. The van der Waals surface area contributed by atoms with Gasteiger partial charge in [0.15, 0.2) is 0 Å². The Labute approximate surface area is 129 Å². The molecular formula is C15H22BrN3O. The number of rotatable bonds is 2. The fraction of sp³-hybridized carbons (Fsp3) is 0.600. The average Bonchev–Trinajstić information content (AvgIpc) is 2.86. The predicted octanol–water partition coefficient (Wildman–Crippen LogP) is 1.77. The molecule has 1 N–H and O–H groups in total. The molecule has 2 fully saturated rings. The van der Waals surface area contributed by atoms with Crippen molar-refractivity contribution in [1.82, 2.24) is 4.90 Å². The summed E-state index contributed by atoms with van der Waals surface area (Å²) in [6.07, 6.45) is 0.684. The number of piperazine rings is 1. The van der Waals surface area contributed by atoms with Crippen LogP contribution in [-0.4, -0.2) is 62.4 Å². The van der Waals surface area contributed by atoms with Gasteiger partial charge in [-0.3, -0.25) is 0 Å². The second-order valence-corrected chi connectivity index (χ2v) is 6.73. The van der Waals surface area contributed by atoms with Gasteiger partial charge in [0.05, 0.1) is 17.5 Å². The molecule has 0 radical (unpaired) electrons. The predicted molar refractivity (Wildman–Crippen MR) is 86.7 cm³/mol. The number of hydrogen-bond acceptors (Lipinski definition) is 4. The van der Waals surface area contributed by atoms with E-state index >= 15 is 0 Å². The molecule has 1 unspecified atom stereocenters. The molecule has 1 aromatic rings. The van der Waals surface area contributed by atoms with E-state index in [-0.39, 0.29) is 6.10 Å². The van der Waals surface area contributed by atoms with Crippen LogP contribution in [0.3, 0.4) is 0 Å². The van der Waals surface area contributed by atoms with Crippen LogP contribution in [0.15, 0.2) is 22.7 Å². The highest BCUT2D eigenvalue weighted by molar-refractivity contribution is 9.10. The van der Waals surface area contributed by atoms with Crippen LogP contribution in [0.4, 0.5) is 11.4 Å². The first-order chi connectivity index (χ1) is 9.63. The van der Waals surface area contributed by atoms with Crippen molar-refractivity contribution >= 4 is 27.3 Å². The van der Waals surface area contributed by atoms with Gasteiger partial charge in [0.2, 0.25) is 0 Å². The minimum absolute atomic E-state index is 0.186. The van der Waals surface area contributed by atoms with Crippen molar-refractivity contribution in [1.29, 1.82) is 0 Å². The first-order valence-electron chi connectivity index (χ1n) is 7.29. The Hall–Kier alpha value is -0.780. The number of anilines is 2. The SMILES string of the molecule is CN1CCN(c2ccc(Br)cc2N2CCC(O)C2)CC1. The molecule has 2 aliphatic rings. The van der Waals surface area contributed by atoms with Crippen LogP contribution in [0.2, 0.25) is 0 Å². The molecule has 1 atom stereocenters. The van der Waals surface area contributed by atoms with E-state index in [0.29, 0.717) is 0 Å². The van der Waals surface area contributed by atoms with Crippen molar-refractivity contribution in [2.24, 2.45) is 0 Å². The zero-order valence-electron chi connectivity index (χ0n) is 11.9. The van der Waals surface area contributed by atoms with Gasteiger partial charge in [-0.05, 0) is 31.7 Å². The Morgan fingerprint density at radius 1 is 1.05 bits per heavy atom. The van der Waals surface area contributed by atoms with Gasteiger partial charge in [0.1, 0.15) is 0 Å². The molecule has 110 valence electrons. The number of aliphatic hydroxyl groups excluding tert-OH is 1. The summed E-state index contributed by atoms with van der Waals surface area (Å²) in [5.74, 6) is 0. The number of likely N-dealkylation sites (N-methyl/N-ethyl adjacent to an activating group) is 1. The third kappa shape index (κ3) is 2.95. The molecule has 2 aliphatic heterocycles. The van der Waals surface area contributed by atoms with E-state index in [4.69, 9.17) is 0 Å². The maximum absolute atomic E-state index is 9.79. The highest BCUT2D eigenvalue weighted by Crippen LogP contribution is 2.34. The Morgan fingerprint density at radius 2 is 1.80 bits per heavy atom. The van der Waals surface area contributed by atoms with Crippen molar-refractivity contribution in [3.8, 4) is 0 Å². The quantitative estimate of drug-likeness (QED) is 0.889. The highest BCUT2D eigenvalue weighted by atomic mass is 79.9. The van der Waals surface area contributed by atoms with Crippen molar-refractivity contribution in [2.75, 3.05) is 56.1 Å². The van der Waals surface area contributed by atoms with E-state index in [2.05, 4.69) is 55.9 Å². The molecule has 1 aromatic carbocycles. The van der Waals surface area contributed by atoms with E-state index in [1.807, 2.05) is 0 Å². The normalized spacial score (nSPS) is 24.4. The third-order valence-electron chi connectivity index (χ3n) is 4.29. The zero-order chi connectivity index (χ0) is 14.1. The van der Waals surface area contributed by atoms with Gasteiger partial charge in [-0.1, -0.05) is 15.9 Å². The van der Waals surface area contributed by atoms with E-state index in [9.17, 15) is 5.11 Å². The number of aliphatic hydroxyl groups is 1. The number of β-amino-alcohol motifs (C(OH)–C–C–N with tert-alkyl or cyclic N) is 1. The molecule has 5 heteroatoms. The molecule has 2 heterocycles. The monoisotopic (exact) mass is 339 g/mol. The first kappa shape index (κ1) is 14.2. The fourth-order valence-corrected chi connectivity index (χ4v) is 3.37. The lowest BCUT2D eigenvalue weighted by molar-refractivity contribution is 0.198. The van der Waals surface area contributed by atoms with Gasteiger partial charge in [-0.15, -0.1) is 0 Å². The molecule has 4 nitrogen and oxygen atoms in total. The van der Waals surface area contributed by atoms with Gasteiger partial charge >= 0.3 is 0 Å². The van der Waals surface area contributed by atoms with Crippen LogP contribution in [-0.2, 0) is 0 Å². The number of benzene rings is 1. The molecule has 0 saturated carbocycles. The van der Waals surface area contributed by atoms with Gasteiger partial charge in [-0.2, -0.15) is 0 Å². The average molecular weight is 340 g/mol. The fourth-order valence-electron chi connectivity index (χ4n) is 3.03. The van der Waals surface area contributed by atoms with E-state index in [0.717, 1.165) is 50.2 Å². The summed E-state index contributed by atoms with van der Waals surface area (Å²) in [6, 6.07) is 6.50. The van der Waals surface area contributed by atoms with Crippen LogP contribution in [0.5, 0.6) is 0 Å². The van der Waals surface area contributed by atoms with Gasteiger partial charge in [0, 0.05) is 43.7 Å². The van der Waals surface area contributed by atoms with Gasteiger partial charge in [0.25, 0.3) is 0 Å². The van der Waals surface area contributed by atoms with Crippen LogP contribution in [0.25, 0.3) is 0 Å². The molecule has 0 bridgehead atoms. The molecule has 0 spiro atoms. The van der Waals surface area contributed by atoms with Crippen LogP contribution in [0, 0.1) is 0 Å². The lowest BCUT2D eigenvalue weighted by atomic mass is 10.2. The molecule has 3 rings (SSSR count). The summed E-state index contributed by atoms with van der Waals surface area (Å²) in [4.78, 5) is 7.14. The maximum Gasteiger partial charge on any atom is 0.0731 e. The number of hydrogen-bond donors (Lipinski definition) is 1.